The molecule has 12 heavy (non-hydrogen) atoms. The highest BCUT2D eigenvalue weighted by Gasteiger charge is 2.17. The zero-order valence-electron chi connectivity index (χ0n) is 9.64. The monoisotopic (exact) mass is 173 g/mol. The molecule has 0 spiro atoms. The normalized spacial score (nSPS) is 14.1. The van der Waals surface area contributed by atoms with Crippen molar-refractivity contribution < 1.29 is 24.6 Å². The molecule has 1 aromatic rings. The summed E-state index contributed by atoms with van der Waals surface area (Å²) in [5.74, 6) is -5.24. The van der Waals surface area contributed by atoms with E-state index in [1.807, 2.05) is 0 Å². The van der Waals surface area contributed by atoms with Crippen LogP contribution in [-0.2, 0) is 4.79 Å². The molecule has 4 heteroatoms. The Bertz CT molecular complexity index is 472. The van der Waals surface area contributed by atoms with Crippen molar-refractivity contribution in [1.82, 2.24) is 0 Å². The van der Waals surface area contributed by atoms with Gasteiger partial charge in [0.2, 0.25) is 0 Å². The van der Waals surface area contributed by atoms with Gasteiger partial charge in [-0.3, -0.25) is 4.79 Å². The Balaban J connectivity index is 3.64. The van der Waals surface area contributed by atoms with Gasteiger partial charge >= 0.3 is 5.97 Å². The Morgan fingerprint density at radius 2 is 2.00 bits per heavy atom. The van der Waals surface area contributed by atoms with Crippen LogP contribution in [0.5, 0.6) is 0 Å². The Labute approximate surface area is 73.1 Å². The van der Waals surface area contributed by atoms with Crippen molar-refractivity contribution in [3.63, 3.8) is 0 Å². The molecule has 0 fully saturated rings. The van der Waals surface area contributed by atoms with E-state index in [-0.39, 0.29) is 0 Å². The summed E-state index contributed by atoms with van der Waals surface area (Å²) < 4.78 is 41.8. The SMILES string of the molecule is [2H]c1c([2H])c([2H])c([13C](=O)C(=O)O)c(F)c1[2H]. The average molecular weight is 173 g/mol. The number of halogens is 1. The maximum Gasteiger partial charge on any atom is 0.377 e. The number of carbonyl (C=O) groups excluding carboxylic acids is 1. The molecule has 1 aromatic carbocycles. The fourth-order valence-electron chi connectivity index (χ4n) is 0.561. The molecule has 0 saturated carbocycles. The van der Waals surface area contributed by atoms with E-state index in [1.54, 1.807) is 0 Å². The van der Waals surface area contributed by atoms with Crippen LogP contribution in [0.25, 0.3) is 0 Å². The molecule has 0 heterocycles. The smallest absolute Gasteiger partial charge is 0.377 e. The molecule has 0 aromatic heterocycles. The lowest BCUT2D eigenvalue weighted by Crippen LogP contribution is -2.14. The van der Waals surface area contributed by atoms with E-state index in [0.717, 1.165) is 0 Å². The first-order valence-corrected chi connectivity index (χ1v) is 2.82. The minimum Gasteiger partial charge on any atom is -0.475 e. The van der Waals surface area contributed by atoms with Gasteiger partial charge in [0.05, 0.1) is 11.0 Å². The van der Waals surface area contributed by atoms with Gasteiger partial charge in [0.25, 0.3) is 5.78 Å². The zero-order chi connectivity index (χ0) is 12.6. The second kappa shape index (κ2) is 3.13. The van der Waals surface area contributed by atoms with E-state index in [2.05, 4.69) is 0 Å². The molecule has 3 nitrogen and oxygen atoms in total. The lowest BCUT2D eigenvalue weighted by atomic mass is 10.2. The molecule has 0 bridgehead atoms. The molecule has 1 N–H and O–H groups in total. The summed E-state index contributed by atoms with van der Waals surface area (Å²) in [6, 6.07) is -3.77. The predicted molar refractivity (Wildman–Crippen MR) is 38.4 cm³/mol. The first kappa shape index (κ1) is 4.35. The van der Waals surface area contributed by atoms with Crippen LogP contribution in [0, 0.1) is 5.82 Å². The van der Waals surface area contributed by atoms with Crippen LogP contribution in [-0.4, -0.2) is 16.9 Å². The van der Waals surface area contributed by atoms with E-state index in [9.17, 15) is 14.0 Å². The Morgan fingerprint density at radius 1 is 1.42 bits per heavy atom. The summed E-state index contributed by atoms with van der Waals surface area (Å²) in [5, 5.41) is 8.37. The number of hydrogen-bond acceptors (Lipinski definition) is 2. The molecular formula is C8H5FO3. The van der Waals surface area contributed by atoms with E-state index < -0.39 is 47.3 Å². The van der Waals surface area contributed by atoms with Crippen LogP contribution in [0.15, 0.2) is 24.2 Å². The van der Waals surface area contributed by atoms with Gasteiger partial charge in [-0.15, -0.1) is 0 Å². The molecular weight excluding hydrogens is 164 g/mol. The highest BCUT2D eigenvalue weighted by Crippen LogP contribution is 2.06. The molecule has 1 rings (SSSR count). The number of carboxylic acids is 1. The minimum absolute atomic E-state index is 0.851. The molecule has 0 aliphatic rings. The summed E-state index contributed by atoms with van der Waals surface area (Å²) in [4.78, 5) is 21.4. The lowest BCUT2D eigenvalue weighted by molar-refractivity contribution is -0.131. The van der Waals surface area contributed by atoms with Crippen LogP contribution in [0.3, 0.4) is 0 Å². The highest BCUT2D eigenvalue weighted by molar-refractivity contribution is 6.39. The van der Waals surface area contributed by atoms with Crippen LogP contribution in [0.1, 0.15) is 15.8 Å². The molecule has 0 amide bonds. The molecule has 62 valence electrons. The van der Waals surface area contributed by atoms with Gasteiger partial charge in [0.15, 0.2) is 0 Å². The summed E-state index contributed by atoms with van der Waals surface area (Å²) in [7, 11) is 0. The number of aliphatic carboxylic acids is 1. The third kappa shape index (κ3) is 1.47. The second-order valence-electron chi connectivity index (χ2n) is 1.82. The molecule has 0 aliphatic carbocycles. The standard InChI is InChI=1S/C8H5FO3/c9-6-4-2-1-3-5(6)7(10)8(11)12/h1-4H,(H,11,12)/i1D,2D,3D,4D,7+1. The Hall–Kier alpha value is -1.71. The molecule has 0 saturated heterocycles. The van der Waals surface area contributed by atoms with Crippen molar-refractivity contribution in [3.8, 4) is 0 Å². The van der Waals surface area contributed by atoms with E-state index in [4.69, 9.17) is 10.6 Å². The molecule has 0 unspecified atom stereocenters. The van der Waals surface area contributed by atoms with Crippen LogP contribution in [0.2, 0.25) is 0 Å². The molecule has 0 atom stereocenters. The van der Waals surface area contributed by atoms with Gasteiger partial charge in [0.1, 0.15) is 5.82 Å². The fraction of sp³-hybridized carbons (Fsp3) is 0. The van der Waals surface area contributed by atoms with Crippen molar-refractivity contribution in [2.24, 2.45) is 0 Å². The third-order valence-corrected chi connectivity index (χ3v) is 1.06. The topological polar surface area (TPSA) is 54.4 Å². The van der Waals surface area contributed by atoms with Gasteiger partial charge in [-0.25, -0.2) is 9.18 Å². The van der Waals surface area contributed by atoms with Crippen LogP contribution < -0.4 is 0 Å². The van der Waals surface area contributed by atoms with Gasteiger partial charge in [-0.1, -0.05) is 12.1 Å². The minimum atomic E-state index is -1.98. The number of carbonyl (C=O) groups is 2. The Morgan fingerprint density at radius 3 is 2.58 bits per heavy atom. The quantitative estimate of drug-likeness (QED) is 0.413. The van der Waals surface area contributed by atoms with Gasteiger partial charge in [-0.2, -0.15) is 0 Å². The number of benzene rings is 1. The lowest BCUT2D eigenvalue weighted by Gasteiger charge is -1.95. The van der Waals surface area contributed by atoms with Crippen molar-refractivity contribution >= 4 is 11.8 Å². The van der Waals surface area contributed by atoms with Crippen molar-refractivity contribution in [2.75, 3.05) is 0 Å². The number of Topliss-reactive ketones (excluding diaryl/α,β-unsaturated/α-hetero) is 1. The van der Waals surface area contributed by atoms with E-state index >= 15 is 0 Å². The Kier molecular flexibility index (Phi) is 1.13. The van der Waals surface area contributed by atoms with Gasteiger partial charge in [-0.05, 0) is 12.1 Å². The van der Waals surface area contributed by atoms with Crippen molar-refractivity contribution in [3.05, 3.63) is 35.6 Å². The summed E-state index contributed by atoms with van der Waals surface area (Å²) in [6.07, 6.45) is 0. The fourth-order valence-corrected chi connectivity index (χ4v) is 0.561. The number of ketones is 1. The van der Waals surface area contributed by atoms with E-state index in [1.165, 1.54) is 0 Å². The highest BCUT2D eigenvalue weighted by atomic mass is 19.1. The van der Waals surface area contributed by atoms with Crippen LogP contribution >= 0.6 is 0 Å². The zero-order valence-corrected chi connectivity index (χ0v) is 5.64. The summed E-state index contributed by atoms with van der Waals surface area (Å²) in [5.41, 5.74) is -1.15. The maximum absolute atomic E-state index is 13.3. The molecule has 0 radical (unpaired) electrons. The molecule has 0 aliphatic heterocycles. The summed E-state index contributed by atoms with van der Waals surface area (Å²) >= 11 is 0. The van der Waals surface area contributed by atoms with E-state index in [0.29, 0.717) is 0 Å². The van der Waals surface area contributed by atoms with Crippen molar-refractivity contribution in [1.29, 1.82) is 0 Å². The van der Waals surface area contributed by atoms with Gasteiger partial charge < -0.3 is 5.11 Å². The summed E-state index contributed by atoms with van der Waals surface area (Å²) in [6.45, 7) is 0. The third-order valence-electron chi connectivity index (χ3n) is 1.06. The number of carboxylic acid groups (broad SMARTS) is 1. The first-order valence-electron chi connectivity index (χ1n) is 4.82. The first-order chi connectivity index (χ1) is 7.29. The maximum atomic E-state index is 13.3. The van der Waals surface area contributed by atoms with Crippen LogP contribution in [0.4, 0.5) is 4.39 Å². The predicted octanol–water partition coefficient (Wildman–Crippen LogP) is 1.09. The number of rotatable bonds is 2. The second-order valence-corrected chi connectivity index (χ2v) is 1.82. The van der Waals surface area contributed by atoms with Crippen molar-refractivity contribution in [2.45, 2.75) is 0 Å². The van der Waals surface area contributed by atoms with Gasteiger partial charge in [0, 0.05) is 0 Å². The average Bonchev–Trinajstić information content (AvgIpc) is 2.23. The number of hydrogen-bond donors (Lipinski definition) is 1. The largest absolute Gasteiger partial charge is 0.475 e.